The van der Waals surface area contributed by atoms with Gasteiger partial charge in [-0.3, -0.25) is 9.67 Å². The summed E-state index contributed by atoms with van der Waals surface area (Å²) in [5.74, 6) is 0. The van der Waals surface area contributed by atoms with E-state index in [1.807, 2.05) is 13.0 Å². The highest BCUT2D eigenvalue weighted by atomic mass is 35.5. The third-order valence-corrected chi connectivity index (χ3v) is 3.03. The molecule has 0 spiro atoms. The summed E-state index contributed by atoms with van der Waals surface area (Å²) in [6.45, 7) is 4.73. The van der Waals surface area contributed by atoms with Gasteiger partial charge in [0.15, 0.2) is 0 Å². The second kappa shape index (κ2) is 5.50. The van der Waals surface area contributed by atoms with E-state index in [1.165, 1.54) is 0 Å². The molecule has 0 saturated heterocycles. The molecule has 0 aliphatic heterocycles. The molecule has 4 nitrogen and oxygen atoms in total. The minimum Gasteiger partial charge on any atom is -0.380 e. The Morgan fingerprint density at radius 3 is 2.78 bits per heavy atom. The number of halogens is 1. The lowest BCUT2D eigenvalue weighted by molar-refractivity contribution is 0.202. The molecule has 0 saturated carbocycles. The van der Waals surface area contributed by atoms with E-state index >= 15 is 0 Å². The second-order valence-electron chi connectivity index (χ2n) is 4.26. The lowest BCUT2D eigenvalue weighted by Gasteiger charge is -2.13. The van der Waals surface area contributed by atoms with Crippen LogP contribution in [-0.2, 0) is 6.54 Å². The van der Waals surface area contributed by atoms with Crippen LogP contribution in [0.15, 0.2) is 24.5 Å². The largest absolute Gasteiger partial charge is 0.380 e. The molecule has 1 N–H and O–H groups in total. The molecule has 0 fully saturated rings. The summed E-state index contributed by atoms with van der Waals surface area (Å²) in [6.07, 6.45) is 3.38. The number of nitrogens with zero attached hydrogens (tertiary/aromatic N) is 3. The van der Waals surface area contributed by atoms with E-state index in [-0.39, 0.29) is 0 Å². The van der Waals surface area contributed by atoms with Gasteiger partial charge in [0.05, 0.1) is 22.6 Å². The minimum atomic E-state index is -0.841. The molecule has 0 aromatic carbocycles. The number of aromatic nitrogens is 3. The van der Waals surface area contributed by atoms with Crippen molar-refractivity contribution < 1.29 is 5.11 Å². The van der Waals surface area contributed by atoms with Crippen LogP contribution in [0.3, 0.4) is 0 Å². The summed E-state index contributed by atoms with van der Waals surface area (Å²) < 4.78 is 1.73. The number of aryl methyl sites for hydroxylation is 2. The van der Waals surface area contributed by atoms with Crippen molar-refractivity contribution in [1.82, 2.24) is 14.8 Å². The van der Waals surface area contributed by atoms with E-state index < -0.39 is 6.10 Å². The third-order valence-electron chi connectivity index (χ3n) is 2.74. The summed E-state index contributed by atoms with van der Waals surface area (Å²) in [7, 11) is 0. The summed E-state index contributed by atoms with van der Waals surface area (Å²) in [5.41, 5.74) is 2.24. The molecule has 18 heavy (non-hydrogen) atoms. The van der Waals surface area contributed by atoms with Crippen LogP contribution in [0.5, 0.6) is 0 Å². The molecule has 2 heterocycles. The molecule has 96 valence electrons. The van der Waals surface area contributed by atoms with Crippen molar-refractivity contribution in [3.63, 3.8) is 0 Å². The van der Waals surface area contributed by atoms with E-state index in [0.29, 0.717) is 16.4 Å². The van der Waals surface area contributed by atoms with Crippen LogP contribution in [0, 0.1) is 6.92 Å². The second-order valence-corrected chi connectivity index (χ2v) is 4.67. The van der Waals surface area contributed by atoms with Crippen molar-refractivity contribution in [2.75, 3.05) is 0 Å². The van der Waals surface area contributed by atoms with Crippen molar-refractivity contribution in [3.05, 3.63) is 46.5 Å². The topological polar surface area (TPSA) is 50.9 Å². The molecule has 0 bridgehead atoms. The zero-order valence-corrected chi connectivity index (χ0v) is 11.2. The Bertz CT molecular complexity index is 522. The Kier molecular flexibility index (Phi) is 3.99. The number of aliphatic hydroxyl groups is 1. The Balaban J connectivity index is 2.35. The molecule has 2 aromatic heterocycles. The fraction of sp³-hybridized carbons (Fsp3) is 0.385. The van der Waals surface area contributed by atoms with E-state index in [2.05, 4.69) is 17.0 Å². The van der Waals surface area contributed by atoms with Gasteiger partial charge in [0.2, 0.25) is 0 Å². The lowest BCUT2D eigenvalue weighted by Crippen LogP contribution is -2.11. The van der Waals surface area contributed by atoms with E-state index in [4.69, 9.17) is 11.6 Å². The number of aliphatic hydroxyl groups excluding tert-OH is 1. The van der Waals surface area contributed by atoms with Gasteiger partial charge in [0, 0.05) is 12.7 Å². The normalized spacial score (nSPS) is 12.7. The van der Waals surface area contributed by atoms with Gasteiger partial charge >= 0.3 is 0 Å². The highest BCUT2D eigenvalue weighted by Crippen LogP contribution is 2.27. The first kappa shape index (κ1) is 13.1. The highest BCUT2D eigenvalue weighted by Gasteiger charge is 2.20. The Morgan fingerprint density at radius 1 is 1.39 bits per heavy atom. The molecule has 2 aromatic rings. The van der Waals surface area contributed by atoms with Gasteiger partial charge in [-0.25, -0.2) is 0 Å². The number of rotatable bonds is 4. The third kappa shape index (κ3) is 2.54. The predicted octanol–water partition coefficient (Wildman–Crippen LogP) is 2.73. The average Bonchev–Trinajstić information content (AvgIpc) is 2.71. The van der Waals surface area contributed by atoms with E-state index in [9.17, 15) is 5.11 Å². The molecule has 1 unspecified atom stereocenters. The molecule has 5 heteroatoms. The smallest absolute Gasteiger partial charge is 0.139 e. The van der Waals surface area contributed by atoms with Crippen molar-refractivity contribution in [2.45, 2.75) is 32.9 Å². The zero-order chi connectivity index (χ0) is 13.1. The zero-order valence-electron chi connectivity index (χ0n) is 10.5. The summed E-state index contributed by atoms with van der Waals surface area (Å²) in [6, 6.07) is 3.72. The predicted molar refractivity (Wildman–Crippen MR) is 70.6 cm³/mol. The van der Waals surface area contributed by atoms with Crippen molar-refractivity contribution in [2.24, 2.45) is 0 Å². The standard InChI is InChI=1S/C13H16ClN3O/c1-3-6-17-12(10(14)8-16-17)13(18)11-5-4-9(2)7-15-11/h4-5,7-8,13,18H,3,6H2,1-2H3. The molecule has 0 amide bonds. The highest BCUT2D eigenvalue weighted by molar-refractivity contribution is 6.31. The SMILES string of the molecule is CCCn1ncc(Cl)c1C(O)c1ccc(C)cn1. The molecular formula is C13H16ClN3O. The maximum Gasteiger partial charge on any atom is 0.139 e. The molecule has 0 radical (unpaired) electrons. The lowest BCUT2D eigenvalue weighted by atomic mass is 10.1. The fourth-order valence-electron chi connectivity index (χ4n) is 1.81. The molecule has 2 rings (SSSR count). The number of hydrogen-bond donors (Lipinski definition) is 1. The van der Waals surface area contributed by atoms with Gasteiger partial charge in [-0.1, -0.05) is 24.6 Å². The van der Waals surface area contributed by atoms with Crippen LogP contribution in [0.1, 0.15) is 36.4 Å². The number of pyridine rings is 1. The van der Waals surface area contributed by atoms with Crippen LogP contribution < -0.4 is 0 Å². The van der Waals surface area contributed by atoms with Gasteiger partial charge < -0.3 is 5.11 Å². The van der Waals surface area contributed by atoms with E-state index in [1.54, 1.807) is 23.1 Å². The molecule has 0 aliphatic rings. The number of hydrogen-bond acceptors (Lipinski definition) is 3. The van der Waals surface area contributed by atoms with Crippen LogP contribution in [0.2, 0.25) is 5.02 Å². The summed E-state index contributed by atoms with van der Waals surface area (Å²) >= 11 is 6.09. The maximum atomic E-state index is 10.4. The minimum absolute atomic E-state index is 0.471. The summed E-state index contributed by atoms with van der Waals surface area (Å²) in [4.78, 5) is 4.23. The first-order chi connectivity index (χ1) is 8.63. The monoisotopic (exact) mass is 265 g/mol. The van der Waals surface area contributed by atoms with Gasteiger partial charge in [0.25, 0.3) is 0 Å². The van der Waals surface area contributed by atoms with Crippen LogP contribution in [0.25, 0.3) is 0 Å². The van der Waals surface area contributed by atoms with Crippen LogP contribution in [0.4, 0.5) is 0 Å². The first-order valence-electron chi connectivity index (χ1n) is 5.95. The van der Waals surface area contributed by atoms with Gasteiger partial charge in [-0.05, 0) is 25.0 Å². The van der Waals surface area contributed by atoms with Crippen molar-refractivity contribution in [1.29, 1.82) is 0 Å². The first-order valence-corrected chi connectivity index (χ1v) is 6.33. The average molecular weight is 266 g/mol. The molecule has 0 aliphatic carbocycles. The van der Waals surface area contributed by atoms with Crippen molar-refractivity contribution >= 4 is 11.6 Å². The van der Waals surface area contributed by atoms with E-state index in [0.717, 1.165) is 18.5 Å². The van der Waals surface area contributed by atoms with Gasteiger partial charge in [0.1, 0.15) is 6.10 Å². The Morgan fingerprint density at radius 2 is 2.17 bits per heavy atom. The van der Waals surface area contributed by atoms with Crippen molar-refractivity contribution in [3.8, 4) is 0 Å². The van der Waals surface area contributed by atoms with Gasteiger partial charge in [-0.15, -0.1) is 0 Å². The Hall–Kier alpha value is -1.39. The Labute approximate surface area is 111 Å². The molecule has 1 atom stereocenters. The van der Waals surface area contributed by atoms with Crippen LogP contribution in [-0.4, -0.2) is 19.9 Å². The fourth-order valence-corrected chi connectivity index (χ4v) is 2.06. The quantitative estimate of drug-likeness (QED) is 0.925. The maximum absolute atomic E-state index is 10.4. The van der Waals surface area contributed by atoms with Gasteiger partial charge in [-0.2, -0.15) is 5.10 Å². The summed E-state index contributed by atoms with van der Waals surface area (Å²) in [5, 5.41) is 15.0. The van der Waals surface area contributed by atoms with Crippen LogP contribution >= 0.6 is 11.6 Å². The molecular weight excluding hydrogens is 250 g/mol.